The lowest BCUT2D eigenvalue weighted by atomic mass is 9.80. The topological polar surface area (TPSA) is 38.7 Å². The van der Waals surface area contributed by atoms with E-state index in [-0.39, 0.29) is 30.0 Å². The van der Waals surface area contributed by atoms with Crippen LogP contribution in [0.3, 0.4) is 0 Å². The Morgan fingerprint density at radius 1 is 1.33 bits per heavy atom. The van der Waals surface area contributed by atoms with Gasteiger partial charge in [0.05, 0.1) is 17.8 Å². The number of ether oxygens (including phenoxy) is 2. The van der Waals surface area contributed by atoms with Gasteiger partial charge in [0.15, 0.2) is 0 Å². The molecule has 0 saturated carbocycles. The van der Waals surface area contributed by atoms with Crippen LogP contribution in [0.25, 0.3) is 0 Å². The van der Waals surface area contributed by atoms with E-state index < -0.39 is 0 Å². The largest absolute Gasteiger partial charge is 0.388 e. The summed E-state index contributed by atoms with van der Waals surface area (Å²) in [5, 5.41) is 9.69. The van der Waals surface area contributed by atoms with Crippen LogP contribution in [0.4, 0.5) is 0 Å². The normalized spacial score (nSPS) is 59.8. The Morgan fingerprint density at radius 2 is 2.08 bits per heavy atom. The number of aliphatic hydroxyl groups excluding tert-OH is 1. The fourth-order valence-electron chi connectivity index (χ4n) is 2.92. The standard InChI is InChI=1S/C9H14O3/c1-9(2)4-3-5-6(10)8(12-9)7(4)11-5/h4-8,10H,3H2,1-2H3. The third-order valence-electron chi connectivity index (χ3n) is 3.59. The van der Waals surface area contributed by atoms with Gasteiger partial charge in [-0.1, -0.05) is 0 Å². The second kappa shape index (κ2) is 1.86. The Kier molecular flexibility index (Phi) is 1.13. The molecule has 2 bridgehead atoms. The van der Waals surface area contributed by atoms with Crippen molar-refractivity contribution in [3.05, 3.63) is 0 Å². The Morgan fingerprint density at radius 3 is 2.67 bits per heavy atom. The first kappa shape index (κ1) is 7.30. The van der Waals surface area contributed by atoms with Gasteiger partial charge in [-0.15, -0.1) is 0 Å². The average molecular weight is 170 g/mol. The van der Waals surface area contributed by atoms with Gasteiger partial charge >= 0.3 is 0 Å². The van der Waals surface area contributed by atoms with Crippen LogP contribution in [0.1, 0.15) is 20.3 Å². The molecule has 0 aliphatic carbocycles. The van der Waals surface area contributed by atoms with Crippen molar-refractivity contribution >= 4 is 0 Å². The third kappa shape index (κ3) is 0.640. The number of fused-ring (bicyclic) bond motifs is 1. The fraction of sp³-hybridized carbons (Fsp3) is 1.00. The van der Waals surface area contributed by atoms with E-state index in [2.05, 4.69) is 13.8 Å². The first-order valence-corrected chi connectivity index (χ1v) is 4.61. The molecule has 3 rings (SSSR count). The summed E-state index contributed by atoms with van der Waals surface area (Å²) >= 11 is 0. The highest BCUT2D eigenvalue weighted by Crippen LogP contribution is 2.52. The maximum Gasteiger partial charge on any atom is 0.113 e. The second-order valence-corrected chi connectivity index (χ2v) is 4.66. The molecular weight excluding hydrogens is 156 g/mol. The van der Waals surface area contributed by atoms with Crippen LogP contribution in [0.5, 0.6) is 0 Å². The van der Waals surface area contributed by atoms with Crippen molar-refractivity contribution in [1.82, 2.24) is 0 Å². The van der Waals surface area contributed by atoms with Gasteiger partial charge in [0, 0.05) is 5.92 Å². The van der Waals surface area contributed by atoms with Crippen LogP contribution < -0.4 is 0 Å². The van der Waals surface area contributed by atoms with Gasteiger partial charge in [-0.05, 0) is 20.3 Å². The maximum absolute atomic E-state index is 9.69. The maximum atomic E-state index is 9.69. The van der Waals surface area contributed by atoms with Crippen molar-refractivity contribution in [1.29, 1.82) is 0 Å². The molecule has 3 saturated heterocycles. The highest BCUT2D eigenvalue weighted by molar-refractivity contribution is 5.12. The van der Waals surface area contributed by atoms with Crippen LogP contribution in [-0.2, 0) is 9.47 Å². The predicted molar refractivity (Wildman–Crippen MR) is 41.7 cm³/mol. The van der Waals surface area contributed by atoms with Crippen molar-refractivity contribution in [2.45, 2.75) is 50.3 Å². The van der Waals surface area contributed by atoms with E-state index in [9.17, 15) is 5.11 Å². The molecule has 68 valence electrons. The molecule has 12 heavy (non-hydrogen) atoms. The molecule has 0 aromatic rings. The molecule has 0 amide bonds. The lowest BCUT2D eigenvalue weighted by molar-refractivity contribution is -0.0616. The van der Waals surface area contributed by atoms with E-state index in [1.165, 1.54) is 0 Å². The second-order valence-electron chi connectivity index (χ2n) is 4.66. The van der Waals surface area contributed by atoms with Crippen molar-refractivity contribution in [3.63, 3.8) is 0 Å². The Hall–Kier alpha value is -0.120. The van der Waals surface area contributed by atoms with E-state index in [0.717, 1.165) is 6.42 Å². The summed E-state index contributed by atoms with van der Waals surface area (Å²) < 4.78 is 11.4. The first-order chi connectivity index (χ1) is 5.59. The van der Waals surface area contributed by atoms with Gasteiger partial charge in [0.25, 0.3) is 0 Å². The fourth-order valence-corrected chi connectivity index (χ4v) is 2.92. The lowest BCUT2D eigenvalue weighted by Crippen LogP contribution is -2.36. The first-order valence-electron chi connectivity index (χ1n) is 4.61. The zero-order chi connectivity index (χ0) is 8.51. The van der Waals surface area contributed by atoms with Crippen LogP contribution in [-0.4, -0.2) is 35.1 Å². The van der Waals surface area contributed by atoms with E-state index in [1.807, 2.05) is 0 Å². The molecule has 3 heteroatoms. The Labute approximate surface area is 71.7 Å². The molecule has 0 aromatic heterocycles. The molecule has 5 unspecified atom stereocenters. The minimum atomic E-state index is -0.381. The van der Waals surface area contributed by atoms with Gasteiger partial charge < -0.3 is 14.6 Å². The van der Waals surface area contributed by atoms with Gasteiger partial charge in [-0.25, -0.2) is 0 Å². The highest BCUT2D eigenvalue weighted by Gasteiger charge is 2.64. The number of rotatable bonds is 0. The smallest absolute Gasteiger partial charge is 0.113 e. The molecule has 0 spiro atoms. The van der Waals surface area contributed by atoms with Crippen LogP contribution in [0, 0.1) is 5.92 Å². The van der Waals surface area contributed by atoms with Crippen molar-refractivity contribution in [2.24, 2.45) is 5.92 Å². The molecular formula is C9H14O3. The average Bonchev–Trinajstić information content (AvgIpc) is 2.54. The molecule has 0 aromatic carbocycles. The summed E-state index contributed by atoms with van der Waals surface area (Å²) in [6.07, 6.45) is 0.749. The van der Waals surface area contributed by atoms with Gasteiger partial charge in [-0.2, -0.15) is 0 Å². The lowest BCUT2D eigenvalue weighted by Gasteiger charge is -2.22. The molecule has 3 nitrogen and oxygen atoms in total. The molecule has 3 aliphatic heterocycles. The summed E-state index contributed by atoms with van der Waals surface area (Å²) in [5.41, 5.74) is -0.0957. The third-order valence-corrected chi connectivity index (χ3v) is 3.59. The van der Waals surface area contributed by atoms with Crippen molar-refractivity contribution in [3.8, 4) is 0 Å². The highest BCUT2D eigenvalue weighted by atomic mass is 16.6. The van der Waals surface area contributed by atoms with E-state index in [0.29, 0.717) is 5.92 Å². The number of hydrogen-bond donors (Lipinski definition) is 1. The Balaban J connectivity index is 2.00. The molecule has 0 radical (unpaired) electrons. The molecule has 1 N–H and O–H groups in total. The Bertz CT molecular complexity index is 226. The van der Waals surface area contributed by atoms with Gasteiger partial charge in [0.2, 0.25) is 0 Å². The predicted octanol–water partition coefficient (Wildman–Crippen LogP) is 0.312. The summed E-state index contributed by atoms with van der Waals surface area (Å²) in [6, 6.07) is 0. The van der Waals surface area contributed by atoms with E-state index in [1.54, 1.807) is 0 Å². The quantitative estimate of drug-likeness (QED) is 0.568. The summed E-state index contributed by atoms with van der Waals surface area (Å²) in [5.74, 6) is 0.496. The summed E-state index contributed by atoms with van der Waals surface area (Å²) in [4.78, 5) is 0. The minimum absolute atomic E-state index is 0.0479. The monoisotopic (exact) mass is 170 g/mol. The van der Waals surface area contributed by atoms with Crippen LogP contribution in [0.2, 0.25) is 0 Å². The van der Waals surface area contributed by atoms with Crippen LogP contribution >= 0.6 is 0 Å². The summed E-state index contributed by atoms with van der Waals surface area (Å²) in [7, 11) is 0. The SMILES string of the molecule is CC1(C)OC2C(O)C3CC1C2O3. The molecule has 3 fully saturated rings. The molecule has 5 atom stereocenters. The van der Waals surface area contributed by atoms with Crippen molar-refractivity contribution in [2.75, 3.05) is 0 Å². The van der Waals surface area contributed by atoms with E-state index >= 15 is 0 Å². The molecule has 3 aliphatic rings. The zero-order valence-corrected chi connectivity index (χ0v) is 7.36. The zero-order valence-electron chi connectivity index (χ0n) is 7.36. The van der Waals surface area contributed by atoms with Gasteiger partial charge in [-0.3, -0.25) is 0 Å². The van der Waals surface area contributed by atoms with Crippen LogP contribution in [0.15, 0.2) is 0 Å². The number of aliphatic hydroxyl groups is 1. The number of hydrogen-bond acceptors (Lipinski definition) is 3. The summed E-state index contributed by atoms with van der Waals surface area (Å²) in [6.45, 7) is 4.18. The van der Waals surface area contributed by atoms with Crippen molar-refractivity contribution < 1.29 is 14.6 Å². The van der Waals surface area contributed by atoms with E-state index in [4.69, 9.17) is 9.47 Å². The molecule has 3 heterocycles. The minimum Gasteiger partial charge on any atom is -0.388 e. The van der Waals surface area contributed by atoms with Gasteiger partial charge in [0.1, 0.15) is 12.2 Å².